The van der Waals surface area contributed by atoms with E-state index >= 15 is 0 Å². The second kappa shape index (κ2) is 6.58. The third kappa shape index (κ3) is 4.71. The summed E-state index contributed by atoms with van der Waals surface area (Å²) in [7, 11) is 1.50. The number of methoxy groups -OCH3 is 1. The third-order valence-corrected chi connectivity index (χ3v) is 2.47. The van der Waals surface area contributed by atoms with E-state index < -0.39 is 17.7 Å². The van der Waals surface area contributed by atoms with Crippen LogP contribution in [0, 0.1) is 0 Å². The monoisotopic (exact) mass is 282 g/mol. The van der Waals surface area contributed by atoms with Gasteiger partial charge in [-0.15, -0.1) is 0 Å². The van der Waals surface area contributed by atoms with Gasteiger partial charge in [-0.25, -0.2) is 4.79 Å². The van der Waals surface area contributed by atoms with Crippen molar-refractivity contribution in [2.75, 3.05) is 19.0 Å². The summed E-state index contributed by atoms with van der Waals surface area (Å²) in [4.78, 5) is 11.7. The highest BCUT2D eigenvalue weighted by atomic mass is 16.6. The molecule has 0 aromatic heterocycles. The Hall–Kier alpha value is -1.79. The normalized spacial score (nSPS) is 12.7. The highest BCUT2D eigenvalue weighted by Gasteiger charge is 2.17. The summed E-state index contributed by atoms with van der Waals surface area (Å²) in [5.41, 5.74) is 6.40. The number of carbonyl (C=O) groups is 1. The molecule has 20 heavy (non-hydrogen) atoms. The Kier molecular flexibility index (Phi) is 5.35. The lowest BCUT2D eigenvalue weighted by molar-refractivity contribution is 0.0636. The van der Waals surface area contributed by atoms with Crippen LogP contribution in [-0.4, -0.2) is 30.5 Å². The van der Waals surface area contributed by atoms with E-state index in [-0.39, 0.29) is 6.61 Å². The van der Waals surface area contributed by atoms with E-state index in [4.69, 9.17) is 20.3 Å². The molecule has 0 aliphatic carbocycles. The lowest BCUT2D eigenvalue weighted by atomic mass is 10.1. The molecule has 1 amide bonds. The maximum atomic E-state index is 11.7. The number of nitrogens with one attached hydrogen (secondary N) is 1. The average Bonchev–Trinajstić information content (AvgIpc) is 2.35. The molecule has 1 aromatic rings. The molecule has 112 valence electrons. The molecule has 1 atom stereocenters. The number of hydrogen-bond acceptors (Lipinski definition) is 5. The number of nitrogens with two attached hydrogens (primary N) is 1. The summed E-state index contributed by atoms with van der Waals surface area (Å²) in [5, 5.41) is 11.7. The smallest absolute Gasteiger partial charge is 0.412 e. The van der Waals surface area contributed by atoms with Gasteiger partial charge in [0.15, 0.2) is 0 Å². The predicted octanol–water partition coefficient (Wildman–Crippen LogP) is 2.03. The van der Waals surface area contributed by atoms with Gasteiger partial charge in [-0.1, -0.05) is 6.07 Å². The van der Waals surface area contributed by atoms with Crippen molar-refractivity contribution in [2.45, 2.75) is 32.4 Å². The van der Waals surface area contributed by atoms with Crippen LogP contribution in [0.4, 0.5) is 10.5 Å². The fourth-order valence-corrected chi connectivity index (χ4v) is 1.62. The van der Waals surface area contributed by atoms with Gasteiger partial charge in [0.2, 0.25) is 0 Å². The van der Waals surface area contributed by atoms with Crippen LogP contribution in [0.3, 0.4) is 0 Å². The van der Waals surface area contributed by atoms with Gasteiger partial charge < -0.3 is 20.3 Å². The highest BCUT2D eigenvalue weighted by molar-refractivity contribution is 5.85. The summed E-state index contributed by atoms with van der Waals surface area (Å²) < 4.78 is 10.4. The second-order valence-electron chi connectivity index (χ2n) is 5.37. The summed E-state index contributed by atoms with van der Waals surface area (Å²) >= 11 is 0. The first-order chi connectivity index (χ1) is 9.26. The number of rotatable bonds is 4. The van der Waals surface area contributed by atoms with Crippen molar-refractivity contribution in [2.24, 2.45) is 5.73 Å². The number of hydrogen-bond donors (Lipinski definition) is 3. The van der Waals surface area contributed by atoms with Crippen molar-refractivity contribution >= 4 is 11.8 Å². The van der Waals surface area contributed by atoms with E-state index in [1.54, 1.807) is 39.0 Å². The van der Waals surface area contributed by atoms with E-state index in [1.165, 1.54) is 7.11 Å². The van der Waals surface area contributed by atoms with Crippen molar-refractivity contribution < 1.29 is 19.4 Å². The van der Waals surface area contributed by atoms with Gasteiger partial charge in [0, 0.05) is 17.3 Å². The number of amides is 1. The number of benzene rings is 1. The molecule has 1 aromatic carbocycles. The summed E-state index contributed by atoms with van der Waals surface area (Å²) in [6, 6.07) is 4.49. The van der Waals surface area contributed by atoms with Crippen molar-refractivity contribution in [3.05, 3.63) is 23.8 Å². The first-order valence-electron chi connectivity index (χ1n) is 6.31. The maximum absolute atomic E-state index is 11.7. The van der Waals surface area contributed by atoms with Crippen LogP contribution in [0.5, 0.6) is 5.75 Å². The standard InChI is InChI=1S/C14H22N2O4/c1-14(2,3)20-13(18)16-9-5-6-10(11(15)8-17)12(7-9)19-4/h5-7,11,17H,8,15H2,1-4H3,(H,16,18)/t11-/m1/s1. The molecule has 0 fully saturated rings. The van der Waals surface area contributed by atoms with Crippen LogP contribution < -0.4 is 15.8 Å². The van der Waals surface area contributed by atoms with Crippen molar-refractivity contribution in [1.29, 1.82) is 0 Å². The van der Waals surface area contributed by atoms with Gasteiger partial charge in [0.05, 0.1) is 19.8 Å². The minimum atomic E-state index is -0.562. The summed E-state index contributed by atoms with van der Waals surface area (Å²) in [6.07, 6.45) is -0.543. The topological polar surface area (TPSA) is 93.8 Å². The van der Waals surface area contributed by atoms with Crippen LogP contribution in [-0.2, 0) is 4.74 Å². The largest absolute Gasteiger partial charge is 0.496 e. The number of anilines is 1. The lowest BCUT2D eigenvalue weighted by Gasteiger charge is -2.20. The molecule has 0 radical (unpaired) electrons. The van der Waals surface area contributed by atoms with Gasteiger partial charge in [-0.05, 0) is 26.8 Å². The second-order valence-corrected chi connectivity index (χ2v) is 5.37. The van der Waals surface area contributed by atoms with Crippen molar-refractivity contribution in [1.82, 2.24) is 0 Å². The van der Waals surface area contributed by atoms with Crippen LogP contribution in [0.2, 0.25) is 0 Å². The van der Waals surface area contributed by atoms with Gasteiger partial charge in [0.25, 0.3) is 0 Å². The molecular weight excluding hydrogens is 260 g/mol. The Labute approximate surface area is 118 Å². The SMILES string of the molecule is COc1cc(NC(=O)OC(C)(C)C)ccc1[C@H](N)CO. The number of ether oxygens (including phenoxy) is 2. The molecule has 6 nitrogen and oxygen atoms in total. The van der Waals surface area contributed by atoms with Crippen LogP contribution in [0.15, 0.2) is 18.2 Å². The van der Waals surface area contributed by atoms with Crippen molar-refractivity contribution in [3.8, 4) is 5.75 Å². The first-order valence-corrected chi connectivity index (χ1v) is 6.31. The van der Waals surface area contributed by atoms with Crippen LogP contribution in [0.25, 0.3) is 0 Å². The molecule has 0 aliphatic rings. The van der Waals surface area contributed by atoms with Crippen LogP contribution in [0.1, 0.15) is 32.4 Å². The van der Waals surface area contributed by atoms with E-state index in [2.05, 4.69) is 5.32 Å². The Bertz CT molecular complexity index is 469. The summed E-state index contributed by atoms with van der Waals surface area (Å²) in [6.45, 7) is 5.18. The van der Waals surface area contributed by atoms with Crippen molar-refractivity contribution in [3.63, 3.8) is 0 Å². The Morgan fingerprint density at radius 3 is 2.60 bits per heavy atom. The number of aliphatic hydroxyl groups excluding tert-OH is 1. The van der Waals surface area contributed by atoms with E-state index in [1.807, 2.05) is 0 Å². The number of aliphatic hydroxyl groups is 1. The van der Waals surface area contributed by atoms with E-state index in [0.29, 0.717) is 17.0 Å². The quantitative estimate of drug-likeness (QED) is 0.785. The third-order valence-electron chi connectivity index (χ3n) is 2.47. The van der Waals surface area contributed by atoms with E-state index in [9.17, 15) is 4.79 Å². The number of carbonyl (C=O) groups excluding carboxylic acids is 1. The maximum Gasteiger partial charge on any atom is 0.412 e. The first kappa shape index (κ1) is 16.3. The minimum Gasteiger partial charge on any atom is -0.496 e. The van der Waals surface area contributed by atoms with Gasteiger partial charge in [-0.3, -0.25) is 5.32 Å². The zero-order chi connectivity index (χ0) is 15.3. The Balaban J connectivity index is 2.85. The predicted molar refractivity (Wildman–Crippen MR) is 76.9 cm³/mol. The minimum absolute atomic E-state index is 0.185. The average molecular weight is 282 g/mol. The van der Waals surface area contributed by atoms with E-state index in [0.717, 1.165) is 0 Å². The van der Waals surface area contributed by atoms with Crippen LogP contribution >= 0.6 is 0 Å². The van der Waals surface area contributed by atoms with Gasteiger partial charge in [0.1, 0.15) is 11.4 Å². The van der Waals surface area contributed by atoms with Gasteiger partial charge >= 0.3 is 6.09 Å². The Morgan fingerprint density at radius 2 is 2.10 bits per heavy atom. The zero-order valence-corrected chi connectivity index (χ0v) is 12.3. The molecular formula is C14H22N2O4. The summed E-state index contributed by atoms with van der Waals surface area (Å²) in [5.74, 6) is 0.500. The Morgan fingerprint density at radius 1 is 1.45 bits per heavy atom. The molecule has 0 bridgehead atoms. The molecule has 0 aliphatic heterocycles. The van der Waals surface area contributed by atoms with Gasteiger partial charge in [-0.2, -0.15) is 0 Å². The molecule has 1 rings (SSSR count). The fraction of sp³-hybridized carbons (Fsp3) is 0.500. The molecule has 0 spiro atoms. The lowest BCUT2D eigenvalue weighted by Crippen LogP contribution is -2.27. The molecule has 0 unspecified atom stereocenters. The zero-order valence-electron chi connectivity index (χ0n) is 12.3. The fourth-order valence-electron chi connectivity index (χ4n) is 1.62. The molecule has 0 heterocycles. The highest BCUT2D eigenvalue weighted by Crippen LogP contribution is 2.27. The molecule has 6 heteroatoms. The molecule has 0 saturated carbocycles. The molecule has 0 saturated heterocycles. The molecule has 4 N–H and O–H groups in total.